The van der Waals surface area contributed by atoms with Crippen LogP contribution < -0.4 is 5.32 Å². The molecule has 0 unspecified atom stereocenters. The summed E-state index contributed by atoms with van der Waals surface area (Å²) < 4.78 is 15.5. The molecule has 1 aliphatic carbocycles. The van der Waals surface area contributed by atoms with Gasteiger partial charge in [0.05, 0.1) is 17.0 Å². The summed E-state index contributed by atoms with van der Waals surface area (Å²) in [6.45, 7) is 0.328. The quantitative estimate of drug-likeness (QED) is 0.422. The molecule has 0 aromatic heterocycles. The van der Waals surface area contributed by atoms with Gasteiger partial charge in [0, 0.05) is 39.9 Å². The zero-order valence-electron chi connectivity index (χ0n) is 18.2. The Hall–Kier alpha value is -2.26. The van der Waals surface area contributed by atoms with Crippen molar-refractivity contribution < 1.29 is 19.2 Å². The number of hydrogen-bond donors (Lipinski definition) is 2. The molecule has 4 atom stereocenters. The number of hydrogen-bond acceptors (Lipinski definition) is 5. The minimum atomic E-state index is -1.51. The van der Waals surface area contributed by atoms with Crippen LogP contribution in [-0.2, 0) is 10.3 Å². The predicted octanol–water partition coefficient (Wildman–Crippen LogP) is 4.58. The highest BCUT2D eigenvalue weighted by Crippen LogP contribution is 2.59. The van der Waals surface area contributed by atoms with Crippen LogP contribution in [0.3, 0.4) is 0 Å². The SMILES string of the molecule is O=C1Nc2cc(Cl)ccc2[C@@]12[C@@H](c1cccc(Cl)c1F)[C@H]([N+](=O)[O-])[C@H](CCCO)N2CC1CC1. The van der Waals surface area contributed by atoms with Gasteiger partial charge >= 0.3 is 0 Å². The van der Waals surface area contributed by atoms with Gasteiger partial charge in [-0.25, -0.2) is 4.39 Å². The Morgan fingerprint density at radius 2 is 2.03 bits per heavy atom. The first kappa shape index (κ1) is 23.5. The average molecular weight is 508 g/mol. The van der Waals surface area contributed by atoms with Crippen LogP contribution >= 0.6 is 23.2 Å². The lowest BCUT2D eigenvalue weighted by atomic mass is 9.73. The van der Waals surface area contributed by atoms with Gasteiger partial charge in [0.15, 0.2) is 0 Å². The molecule has 1 saturated heterocycles. The first-order chi connectivity index (χ1) is 16.3. The second-order valence-corrected chi connectivity index (χ2v) is 10.2. The fourth-order valence-electron chi connectivity index (χ4n) is 5.90. The number of rotatable bonds is 7. The van der Waals surface area contributed by atoms with E-state index in [0.717, 1.165) is 12.8 Å². The van der Waals surface area contributed by atoms with E-state index in [-0.39, 0.29) is 17.2 Å². The van der Waals surface area contributed by atoms with Gasteiger partial charge in [0.25, 0.3) is 5.91 Å². The van der Waals surface area contributed by atoms with Crippen molar-refractivity contribution in [2.24, 2.45) is 5.92 Å². The summed E-state index contributed by atoms with van der Waals surface area (Å²) in [6, 6.07) is 7.41. The summed E-state index contributed by atoms with van der Waals surface area (Å²) in [5, 5.41) is 25.3. The molecule has 5 rings (SSSR count). The number of nitrogens with one attached hydrogen (secondary N) is 1. The van der Waals surface area contributed by atoms with Gasteiger partial charge in [-0.15, -0.1) is 0 Å². The van der Waals surface area contributed by atoms with Crippen LogP contribution in [0.2, 0.25) is 10.0 Å². The molecule has 2 fully saturated rings. The topological polar surface area (TPSA) is 95.7 Å². The van der Waals surface area contributed by atoms with E-state index in [2.05, 4.69) is 5.32 Å². The number of nitrogens with zero attached hydrogens (tertiary/aromatic N) is 2. The lowest BCUT2D eigenvalue weighted by Crippen LogP contribution is -2.52. The number of amides is 1. The molecule has 2 aliphatic heterocycles. The normalized spacial score (nSPS) is 28.4. The number of halogens is 3. The van der Waals surface area contributed by atoms with Crippen molar-refractivity contribution in [2.75, 3.05) is 18.5 Å². The first-order valence-electron chi connectivity index (χ1n) is 11.4. The molecule has 1 amide bonds. The van der Waals surface area contributed by atoms with Gasteiger partial charge in [-0.3, -0.25) is 19.8 Å². The van der Waals surface area contributed by atoms with Crippen LogP contribution in [0.5, 0.6) is 0 Å². The minimum Gasteiger partial charge on any atom is -0.396 e. The number of carbonyl (C=O) groups is 1. The van der Waals surface area contributed by atoms with Crippen LogP contribution in [-0.4, -0.2) is 46.1 Å². The predicted molar refractivity (Wildman–Crippen MR) is 126 cm³/mol. The maximum atomic E-state index is 15.5. The molecule has 34 heavy (non-hydrogen) atoms. The Kier molecular flexibility index (Phi) is 6.04. The van der Waals surface area contributed by atoms with Gasteiger partial charge in [-0.05, 0) is 49.8 Å². The highest BCUT2D eigenvalue weighted by molar-refractivity contribution is 6.31. The summed E-state index contributed by atoms with van der Waals surface area (Å²) in [5.74, 6) is -2.03. The minimum absolute atomic E-state index is 0.0412. The molecular formula is C24H24Cl2FN3O4. The van der Waals surface area contributed by atoms with Crippen LogP contribution in [0.1, 0.15) is 42.7 Å². The Morgan fingerprint density at radius 3 is 2.71 bits per heavy atom. The number of likely N-dealkylation sites (tertiary alicyclic amines) is 1. The zero-order valence-corrected chi connectivity index (χ0v) is 19.7. The van der Waals surface area contributed by atoms with E-state index in [9.17, 15) is 20.0 Å². The number of fused-ring (bicyclic) bond motifs is 2. The molecular weight excluding hydrogens is 484 g/mol. The van der Waals surface area contributed by atoms with Crippen LogP contribution in [0.4, 0.5) is 10.1 Å². The Morgan fingerprint density at radius 1 is 1.26 bits per heavy atom. The van der Waals surface area contributed by atoms with Crippen LogP contribution in [0, 0.1) is 21.8 Å². The van der Waals surface area contributed by atoms with Crippen molar-refractivity contribution in [1.82, 2.24) is 4.90 Å². The van der Waals surface area contributed by atoms with E-state index in [1.54, 1.807) is 24.3 Å². The number of aliphatic hydroxyl groups excluding tert-OH is 1. The van der Waals surface area contributed by atoms with E-state index in [4.69, 9.17) is 23.2 Å². The van der Waals surface area contributed by atoms with E-state index in [1.165, 1.54) is 12.1 Å². The largest absolute Gasteiger partial charge is 0.396 e. The molecule has 0 radical (unpaired) electrons. The van der Waals surface area contributed by atoms with Gasteiger partial charge < -0.3 is 10.4 Å². The monoisotopic (exact) mass is 507 g/mol. The number of anilines is 1. The van der Waals surface area contributed by atoms with Crippen molar-refractivity contribution >= 4 is 34.8 Å². The summed E-state index contributed by atoms with van der Waals surface area (Å²) in [7, 11) is 0. The average Bonchev–Trinajstić information content (AvgIpc) is 3.50. The third-order valence-electron chi connectivity index (χ3n) is 7.40. The molecule has 0 bridgehead atoms. The molecule has 3 aliphatic rings. The van der Waals surface area contributed by atoms with E-state index < -0.39 is 40.2 Å². The van der Waals surface area contributed by atoms with Crippen LogP contribution in [0.15, 0.2) is 36.4 Å². The molecule has 2 N–H and O–H groups in total. The Labute approximate surface area is 206 Å². The highest BCUT2D eigenvalue weighted by Gasteiger charge is 2.71. The third kappa shape index (κ3) is 3.50. The Balaban J connectivity index is 1.81. The third-order valence-corrected chi connectivity index (χ3v) is 7.92. The number of nitro groups is 1. The smallest absolute Gasteiger partial charge is 0.250 e. The summed E-state index contributed by atoms with van der Waals surface area (Å²) in [4.78, 5) is 28.1. The second-order valence-electron chi connectivity index (χ2n) is 9.34. The molecule has 7 nitrogen and oxygen atoms in total. The molecule has 2 heterocycles. The summed E-state index contributed by atoms with van der Waals surface area (Å²) in [6.07, 6.45) is 2.55. The van der Waals surface area contributed by atoms with Crippen molar-refractivity contribution in [1.29, 1.82) is 0 Å². The standard InChI is InChI=1S/C24H24Cl2FN3O4/c25-14-8-9-16-18(11-14)28-23(32)24(16)20(15-3-1-4-17(26)21(15)27)22(30(33)34)19(5-2-10-31)29(24)12-13-6-7-13/h1,3-4,8-9,11,13,19-20,22,31H,2,5-7,10,12H2,(H,28,32)/t19-,20-,22+,24+/m0/s1. The molecule has 2 aromatic carbocycles. The molecule has 1 spiro atoms. The maximum absolute atomic E-state index is 15.5. The van der Waals surface area contributed by atoms with Gasteiger partial charge in [-0.2, -0.15) is 0 Å². The van der Waals surface area contributed by atoms with Crippen molar-refractivity contribution in [3.8, 4) is 0 Å². The lowest BCUT2D eigenvalue weighted by Gasteiger charge is -2.39. The fourth-order valence-corrected chi connectivity index (χ4v) is 6.25. The van der Waals surface area contributed by atoms with E-state index >= 15 is 4.39 Å². The van der Waals surface area contributed by atoms with E-state index in [0.29, 0.717) is 41.6 Å². The highest BCUT2D eigenvalue weighted by atomic mass is 35.5. The molecule has 10 heteroatoms. The maximum Gasteiger partial charge on any atom is 0.250 e. The molecule has 2 aromatic rings. The number of carbonyl (C=O) groups excluding carboxylic acids is 1. The number of benzene rings is 2. The first-order valence-corrected chi connectivity index (χ1v) is 12.1. The van der Waals surface area contributed by atoms with Crippen molar-refractivity contribution in [3.05, 3.63) is 73.5 Å². The zero-order chi connectivity index (χ0) is 24.2. The Bertz CT molecular complexity index is 1160. The second kappa shape index (κ2) is 8.75. The summed E-state index contributed by atoms with van der Waals surface area (Å²) in [5.41, 5.74) is -0.452. The van der Waals surface area contributed by atoms with Gasteiger partial charge in [-0.1, -0.05) is 41.4 Å². The van der Waals surface area contributed by atoms with Gasteiger partial charge in [0.2, 0.25) is 6.04 Å². The number of aliphatic hydroxyl groups is 1. The van der Waals surface area contributed by atoms with Gasteiger partial charge in [0.1, 0.15) is 11.4 Å². The fraction of sp³-hybridized carbons (Fsp3) is 0.458. The molecule has 1 saturated carbocycles. The van der Waals surface area contributed by atoms with E-state index in [1.807, 2.05) is 4.90 Å². The van der Waals surface area contributed by atoms with Crippen molar-refractivity contribution in [2.45, 2.75) is 49.2 Å². The van der Waals surface area contributed by atoms with Crippen molar-refractivity contribution in [3.63, 3.8) is 0 Å². The van der Waals surface area contributed by atoms with Crippen LogP contribution in [0.25, 0.3) is 0 Å². The lowest BCUT2D eigenvalue weighted by molar-refractivity contribution is -0.528. The summed E-state index contributed by atoms with van der Waals surface area (Å²) >= 11 is 12.3. The molecule has 180 valence electrons.